The number of nitrogens with zero attached hydrogens (tertiary/aromatic N) is 2. The molecule has 1 N–H and O–H groups in total. The number of hydrogen-bond acceptors (Lipinski definition) is 6. The Morgan fingerprint density at radius 1 is 1.12 bits per heavy atom. The van der Waals surface area contributed by atoms with Crippen molar-refractivity contribution >= 4 is 40.0 Å². The summed E-state index contributed by atoms with van der Waals surface area (Å²) in [6.45, 7) is 4.66. The molecule has 170 valence electrons. The molecule has 0 radical (unpaired) electrons. The summed E-state index contributed by atoms with van der Waals surface area (Å²) in [6.07, 6.45) is 3.92. The van der Waals surface area contributed by atoms with Crippen LogP contribution in [0.5, 0.6) is 11.5 Å². The summed E-state index contributed by atoms with van der Waals surface area (Å²) in [6, 6.07) is 14.8. The van der Waals surface area contributed by atoms with E-state index in [0.29, 0.717) is 29.8 Å². The molecule has 2 aromatic carbocycles. The fourth-order valence-electron chi connectivity index (χ4n) is 3.41. The first-order chi connectivity index (χ1) is 16.0. The average Bonchev–Trinajstić information content (AvgIpc) is 3.13. The number of rotatable bonds is 6. The van der Waals surface area contributed by atoms with Crippen LogP contribution in [-0.4, -0.2) is 30.0 Å². The lowest BCUT2D eigenvalue weighted by atomic mass is 10.1. The number of para-hydroxylation sites is 1. The second-order valence-electron chi connectivity index (χ2n) is 7.57. The average molecular weight is 464 g/mol. The predicted molar refractivity (Wildman–Crippen MR) is 129 cm³/mol. The monoisotopic (exact) mass is 463 g/mol. The van der Waals surface area contributed by atoms with Gasteiger partial charge in [0.05, 0.1) is 30.6 Å². The molecule has 3 aromatic rings. The molecule has 0 aliphatic carbocycles. The Labute approximate surface area is 196 Å². The van der Waals surface area contributed by atoms with E-state index in [4.69, 9.17) is 9.47 Å². The Balaban J connectivity index is 1.40. The maximum Gasteiger partial charge on any atom is 0.244 e. The van der Waals surface area contributed by atoms with E-state index in [1.807, 2.05) is 60.8 Å². The summed E-state index contributed by atoms with van der Waals surface area (Å²) in [5.41, 5.74) is 2.28. The van der Waals surface area contributed by atoms with E-state index < -0.39 is 0 Å². The lowest BCUT2D eigenvalue weighted by molar-refractivity contribution is -0.117. The molecule has 4 rings (SSSR count). The molecule has 0 spiro atoms. The Morgan fingerprint density at radius 3 is 2.64 bits per heavy atom. The van der Waals surface area contributed by atoms with E-state index in [1.54, 1.807) is 11.0 Å². The number of aromatic nitrogens is 1. The first-order valence-corrected chi connectivity index (χ1v) is 11.6. The topological polar surface area (TPSA) is 80.8 Å². The van der Waals surface area contributed by atoms with Crippen molar-refractivity contribution in [3.63, 3.8) is 0 Å². The summed E-state index contributed by atoms with van der Waals surface area (Å²) in [5, 5.41) is 5.31. The third kappa shape index (κ3) is 5.59. The smallest absolute Gasteiger partial charge is 0.244 e. The van der Waals surface area contributed by atoms with Gasteiger partial charge in [-0.1, -0.05) is 24.3 Å². The predicted octanol–water partition coefficient (Wildman–Crippen LogP) is 4.88. The van der Waals surface area contributed by atoms with Crippen LogP contribution in [0, 0.1) is 0 Å². The van der Waals surface area contributed by atoms with E-state index in [1.165, 1.54) is 24.3 Å². The van der Waals surface area contributed by atoms with Crippen molar-refractivity contribution in [1.82, 2.24) is 10.3 Å². The van der Waals surface area contributed by atoms with Gasteiger partial charge in [0, 0.05) is 24.8 Å². The standard InChI is InChI=1S/C25H25N3O4S/c1-17(19-9-11-22-23(15-19)32-14-6-13-31-22)26-24(30)12-10-20-16-33-25(27-20)28(18(2)29)21-7-4-3-5-8-21/h3-5,7-12,15-17H,6,13-14H2,1-2H3,(H,26,30)/b12-10+. The van der Waals surface area contributed by atoms with Crippen molar-refractivity contribution in [2.45, 2.75) is 26.3 Å². The highest BCUT2D eigenvalue weighted by atomic mass is 32.1. The van der Waals surface area contributed by atoms with E-state index in [0.717, 1.165) is 23.4 Å². The van der Waals surface area contributed by atoms with Crippen LogP contribution >= 0.6 is 11.3 Å². The van der Waals surface area contributed by atoms with Gasteiger partial charge in [-0.15, -0.1) is 11.3 Å². The van der Waals surface area contributed by atoms with E-state index >= 15 is 0 Å². The van der Waals surface area contributed by atoms with Crippen LogP contribution in [0.1, 0.15) is 37.6 Å². The lowest BCUT2D eigenvalue weighted by Gasteiger charge is -2.17. The van der Waals surface area contributed by atoms with Gasteiger partial charge in [0.1, 0.15) is 0 Å². The minimum Gasteiger partial charge on any atom is -0.490 e. The first-order valence-electron chi connectivity index (χ1n) is 10.7. The molecule has 1 aliphatic heterocycles. The minimum atomic E-state index is -0.240. The fourth-order valence-corrected chi connectivity index (χ4v) is 4.27. The molecule has 8 heteroatoms. The number of ether oxygens (including phenoxy) is 2. The van der Waals surface area contributed by atoms with Gasteiger partial charge in [0.2, 0.25) is 11.8 Å². The summed E-state index contributed by atoms with van der Waals surface area (Å²) < 4.78 is 11.4. The van der Waals surface area contributed by atoms with Gasteiger partial charge in [-0.05, 0) is 42.8 Å². The zero-order chi connectivity index (χ0) is 23.2. The molecular formula is C25H25N3O4S. The van der Waals surface area contributed by atoms with E-state index in [-0.39, 0.29) is 17.9 Å². The Kier molecular flexibility index (Phi) is 7.04. The first kappa shape index (κ1) is 22.5. The Morgan fingerprint density at radius 2 is 1.88 bits per heavy atom. The molecule has 0 bridgehead atoms. The van der Waals surface area contributed by atoms with Crippen molar-refractivity contribution in [1.29, 1.82) is 0 Å². The zero-order valence-electron chi connectivity index (χ0n) is 18.5. The molecule has 7 nitrogen and oxygen atoms in total. The van der Waals surface area contributed by atoms with Gasteiger partial charge in [0.25, 0.3) is 0 Å². The summed E-state index contributed by atoms with van der Waals surface area (Å²) in [4.78, 5) is 30.7. The van der Waals surface area contributed by atoms with E-state index in [2.05, 4.69) is 10.3 Å². The molecule has 33 heavy (non-hydrogen) atoms. The molecule has 1 aliphatic rings. The van der Waals surface area contributed by atoms with Gasteiger partial charge in [-0.2, -0.15) is 0 Å². The van der Waals surface area contributed by atoms with Crippen molar-refractivity contribution in [2.75, 3.05) is 18.1 Å². The molecule has 1 atom stereocenters. The van der Waals surface area contributed by atoms with Gasteiger partial charge >= 0.3 is 0 Å². The largest absolute Gasteiger partial charge is 0.490 e. The van der Waals surface area contributed by atoms with Crippen molar-refractivity contribution < 1.29 is 19.1 Å². The van der Waals surface area contributed by atoms with Crippen LogP contribution in [0.25, 0.3) is 6.08 Å². The number of amides is 2. The number of carbonyl (C=O) groups is 2. The second kappa shape index (κ2) is 10.3. The highest BCUT2D eigenvalue weighted by Gasteiger charge is 2.18. The minimum absolute atomic E-state index is 0.132. The van der Waals surface area contributed by atoms with Crippen LogP contribution in [0.3, 0.4) is 0 Å². The third-order valence-corrected chi connectivity index (χ3v) is 5.91. The molecule has 2 heterocycles. The van der Waals surface area contributed by atoms with Crippen LogP contribution in [0.4, 0.5) is 10.8 Å². The number of nitrogens with one attached hydrogen (secondary N) is 1. The number of thiazole rings is 1. The number of anilines is 2. The SMILES string of the molecule is CC(=O)N(c1ccccc1)c1nc(/C=C/C(=O)NC(C)c2ccc3c(c2)OCCCO3)cs1. The molecule has 1 aromatic heterocycles. The van der Waals surface area contributed by atoms with Crippen LogP contribution in [0.2, 0.25) is 0 Å². The van der Waals surface area contributed by atoms with Crippen molar-refractivity contribution in [3.8, 4) is 11.5 Å². The van der Waals surface area contributed by atoms with Crippen molar-refractivity contribution in [3.05, 3.63) is 71.2 Å². The van der Waals surface area contributed by atoms with Gasteiger partial charge in [0.15, 0.2) is 16.6 Å². The molecular weight excluding hydrogens is 438 g/mol. The molecule has 2 amide bonds. The maximum absolute atomic E-state index is 12.5. The number of fused-ring (bicyclic) bond motifs is 1. The Bertz CT molecular complexity index is 1160. The fraction of sp³-hybridized carbons (Fsp3) is 0.240. The summed E-state index contributed by atoms with van der Waals surface area (Å²) >= 11 is 1.34. The van der Waals surface area contributed by atoms with Crippen LogP contribution in [-0.2, 0) is 9.59 Å². The third-order valence-electron chi connectivity index (χ3n) is 5.07. The highest BCUT2D eigenvalue weighted by molar-refractivity contribution is 7.14. The number of carbonyl (C=O) groups excluding carboxylic acids is 2. The van der Waals surface area contributed by atoms with Crippen LogP contribution in [0.15, 0.2) is 60.0 Å². The highest BCUT2D eigenvalue weighted by Crippen LogP contribution is 2.32. The number of hydrogen-bond donors (Lipinski definition) is 1. The zero-order valence-corrected chi connectivity index (χ0v) is 19.3. The molecule has 0 saturated carbocycles. The van der Waals surface area contributed by atoms with Gasteiger partial charge < -0.3 is 14.8 Å². The van der Waals surface area contributed by atoms with E-state index in [9.17, 15) is 9.59 Å². The summed E-state index contributed by atoms with van der Waals surface area (Å²) in [7, 11) is 0. The van der Waals surface area contributed by atoms with Gasteiger partial charge in [-0.3, -0.25) is 14.5 Å². The quantitative estimate of drug-likeness (QED) is 0.527. The molecule has 0 fully saturated rings. The molecule has 1 unspecified atom stereocenters. The Hall–Kier alpha value is -3.65. The lowest BCUT2D eigenvalue weighted by Crippen LogP contribution is -2.24. The number of benzene rings is 2. The normalized spacial score (nSPS) is 13.9. The second-order valence-corrected chi connectivity index (χ2v) is 8.40. The molecule has 0 saturated heterocycles. The maximum atomic E-state index is 12.5. The van der Waals surface area contributed by atoms with Gasteiger partial charge in [-0.25, -0.2) is 4.98 Å². The summed E-state index contributed by atoms with van der Waals surface area (Å²) in [5.74, 6) is 1.05. The van der Waals surface area contributed by atoms with Crippen molar-refractivity contribution in [2.24, 2.45) is 0 Å². The van der Waals surface area contributed by atoms with Crippen LogP contribution < -0.4 is 19.7 Å².